The van der Waals surface area contributed by atoms with Crippen LogP contribution in [-0.2, 0) is 19.9 Å². The van der Waals surface area contributed by atoms with Crippen LogP contribution in [0.15, 0.2) is 89.6 Å². The number of hydrogen-bond donors (Lipinski definition) is 1. The van der Waals surface area contributed by atoms with Gasteiger partial charge >= 0.3 is 5.97 Å². The third-order valence-electron chi connectivity index (χ3n) is 8.79. The number of hydrogen-bond acceptors (Lipinski definition) is 7. The molecular weight excluding hydrogens is 700 g/mol. The monoisotopic (exact) mass is 730 g/mol. The van der Waals surface area contributed by atoms with Gasteiger partial charge in [-0.1, -0.05) is 48.5 Å². The van der Waals surface area contributed by atoms with Gasteiger partial charge in [-0.05, 0) is 41.1 Å². The van der Waals surface area contributed by atoms with Crippen molar-refractivity contribution in [3.63, 3.8) is 0 Å². The van der Waals surface area contributed by atoms with E-state index in [1.807, 2.05) is 59.3 Å². The first kappa shape index (κ1) is 31.3. The summed E-state index contributed by atoms with van der Waals surface area (Å²) in [6, 6.07) is 26.6. The highest BCUT2D eigenvalue weighted by molar-refractivity contribution is 8.93. The van der Waals surface area contributed by atoms with E-state index in [0.717, 1.165) is 28.4 Å². The number of fused-ring (bicyclic) bond motifs is 7. The number of ether oxygens (including phenoxy) is 2. The molecule has 5 aromatic rings. The molecule has 42 heavy (non-hydrogen) atoms. The summed E-state index contributed by atoms with van der Waals surface area (Å²) >= 11 is 2.74. The fraction of sp³-hybridized carbons (Fsp3) is 0.312. The van der Waals surface area contributed by atoms with Crippen LogP contribution in [-0.4, -0.2) is 65.0 Å². The molecule has 3 fully saturated rings. The van der Waals surface area contributed by atoms with Gasteiger partial charge in [0.1, 0.15) is 30.4 Å². The lowest BCUT2D eigenvalue weighted by atomic mass is 9.95. The predicted molar refractivity (Wildman–Crippen MR) is 169 cm³/mol. The number of nitrogens with zero attached hydrogens (tertiary/aromatic N) is 2. The van der Waals surface area contributed by atoms with Crippen molar-refractivity contribution in [1.82, 2.24) is 4.98 Å². The number of piperidine rings is 1. The maximum absolute atomic E-state index is 13.1. The van der Waals surface area contributed by atoms with Gasteiger partial charge in [-0.15, -0.1) is 39.7 Å². The molecule has 3 aliphatic rings. The molecule has 1 unspecified atom stereocenters. The summed E-state index contributed by atoms with van der Waals surface area (Å²) in [5.41, 5.74) is 0.403. The standard InChI is InChI=1S/C19H22NO4S2.C13H9N.2BrH/c1-20(2)12-9-11(10-13(20)17-16(12)24-17)23-18(21)19(22,14-5-3-7-25-14)15-6-4-8-26-15;1-3-7-12-10(5-1)9-11-6-2-4-8-13(11)14-12;;/h3-8,11-13,16-17,22H,9-10H2,1-2H3;1-9H;2*1H/q+1;;;/p-1/t11?,12-,13+,16-,17+;;;. The largest absolute Gasteiger partial charge is 1.00 e. The molecule has 10 heteroatoms. The summed E-state index contributed by atoms with van der Waals surface area (Å²) < 4.78 is 12.6. The number of pyridine rings is 1. The van der Waals surface area contributed by atoms with Crippen molar-refractivity contribution >= 4 is 67.4 Å². The lowest BCUT2D eigenvalue weighted by Gasteiger charge is -2.45. The van der Waals surface area contributed by atoms with Gasteiger partial charge in [0, 0.05) is 23.6 Å². The number of aromatic nitrogens is 1. The third-order valence-corrected chi connectivity index (χ3v) is 10.7. The van der Waals surface area contributed by atoms with Gasteiger partial charge in [-0.2, -0.15) is 0 Å². The number of morpholine rings is 1. The Bertz CT molecular complexity index is 1520. The fourth-order valence-electron chi connectivity index (χ4n) is 6.55. The van der Waals surface area contributed by atoms with Crippen LogP contribution in [0.4, 0.5) is 0 Å². The number of carbonyl (C=O) groups excluding carboxylic acids is 1. The van der Waals surface area contributed by atoms with Crippen molar-refractivity contribution in [2.24, 2.45) is 0 Å². The molecule has 2 aromatic carbocycles. The van der Waals surface area contributed by atoms with Crippen molar-refractivity contribution < 1.29 is 40.8 Å². The molecule has 3 aliphatic heterocycles. The van der Waals surface area contributed by atoms with Gasteiger partial charge in [-0.25, -0.2) is 9.78 Å². The molecule has 0 amide bonds. The first-order valence-electron chi connectivity index (χ1n) is 13.6. The van der Waals surface area contributed by atoms with Crippen LogP contribution in [0.1, 0.15) is 22.6 Å². The Morgan fingerprint density at radius 1 is 0.881 bits per heavy atom. The average molecular weight is 733 g/mol. The number of epoxide rings is 1. The molecule has 0 radical (unpaired) electrons. The van der Waals surface area contributed by atoms with Crippen LogP contribution in [0, 0.1) is 0 Å². The van der Waals surface area contributed by atoms with Gasteiger partial charge in [-0.3, -0.25) is 0 Å². The zero-order valence-corrected chi connectivity index (χ0v) is 28.1. The Morgan fingerprint density at radius 3 is 1.86 bits per heavy atom. The Balaban J connectivity index is 0.000000188. The molecule has 1 N–H and O–H groups in total. The molecular formula is C32H32Br2N2O4S2. The lowest BCUT2D eigenvalue weighted by Crippen LogP contribution is -3.00. The van der Waals surface area contributed by atoms with E-state index in [1.54, 1.807) is 12.1 Å². The first-order chi connectivity index (χ1) is 19.4. The molecule has 0 saturated carbocycles. The highest BCUT2D eigenvalue weighted by Crippen LogP contribution is 2.52. The molecule has 6 nitrogen and oxygen atoms in total. The number of aliphatic hydroxyl groups is 1. The van der Waals surface area contributed by atoms with Crippen molar-refractivity contribution in [3.8, 4) is 0 Å². The number of quaternary nitrogens is 1. The average Bonchev–Trinajstić information content (AvgIpc) is 3.28. The molecule has 5 atom stereocenters. The van der Waals surface area contributed by atoms with E-state index in [4.69, 9.17) is 9.47 Å². The molecule has 3 aromatic heterocycles. The zero-order chi connectivity index (χ0) is 27.5. The predicted octanol–water partition coefficient (Wildman–Crippen LogP) is 3.32. The Hall–Kier alpha value is -2.18. The smallest absolute Gasteiger partial charge is 0.349 e. The minimum Gasteiger partial charge on any atom is -1.00 e. The minimum atomic E-state index is -1.72. The molecule has 6 heterocycles. The Morgan fingerprint density at radius 2 is 1.38 bits per heavy atom. The van der Waals surface area contributed by atoms with Crippen LogP contribution in [0.2, 0.25) is 0 Å². The maximum atomic E-state index is 13.1. The lowest BCUT2D eigenvalue weighted by molar-refractivity contribution is -0.938. The van der Waals surface area contributed by atoms with Gasteiger partial charge < -0.3 is 36.0 Å². The number of likely N-dealkylation sites (N-methyl/N-ethyl adjacent to an activating group) is 1. The second-order valence-corrected chi connectivity index (χ2v) is 13.3. The van der Waals surface area contributed by atoms with Gasteiger partial charge in [0.2, 0.25) is 5.60 Å². The highest BCUT2D eigenvalue weighted by Gasteiger charge is 2.71. The van der Waals surface area contributed by atoms with Gasteiger partial charge in [0.25, 0.3) is 0 Å². The summed E-state index contributed by atoms with van der Waals surface area (Å²) in [6.45, 7) is 0. The molecule has 2 bridgehead atoms. The second kappa shape index (κ2) is 12.1. The second-order valence-electron chi connectivity index (χ2n) is 11.4. The van der Waals surface area contributed by atoms with Crippen LogP contribution in [0.5, 0.6) is 0 Å². The van der Waals surface area contributed by atoms with E-state index in [-0.39, 0.29) is 40.1 Å². The third kappa shape index (κ3) is 5.36. The van der Waals surface area contributed by atoms with Crippen molar-refractivity contribution in [2.45, 2.75) is 48.8 Å². The van der Waals surface area contributed by atoms with Crippen molar-refractivity contribution in [1.29, 1.82) is 0 Å². The van der Waals surface area contributed by atoms with Crippen molar-refractivity contribution in [3.05, 3.63) is 99.4 Å². The van der Waals surface area contributed by atoms with Gasteiger partial charge in [0.05, 0.1) is 34.9 Å². The number of benzene rings is 2. The van der Waals surface area contributed by atoms with Crippen LogP contribution in [0.25, 0.3) is 21.8 Å². The van der Waals surface area contributed by atoms with E-state index in [2.05, 4.69) is 37.3 Å². The summed E-state index contributed by atoms with van der Waals surface area (Å²) in [4.78, 5) is 18.9. The molecule has 3 saturated heterocycles. The van der Waals surface area contributed by atoms with Crippen molar-refractivity contribution in [2.75, 3.05) is 14.1 Å². The number of carbonyl (C=O) groups is 1. The molecule has 0 aliphatic carbocycles. The minimum absolute atomic E-state index is 0. The SMILES string of the molecule is Br.C[N+]1(C)[C@@H]2CC(OC(=O)C(O)(c3cccs3)c3cccs3)C[C@H]1[C@@H]1O[C@@H]12.[Br-].c1ccc2nc3ccccc3cc2c1. The van der Waals surface area contributed by atoms with Crippen LogP contribution < -0.4 is 17.0 Å². The van der Waals surface area contributed by atoms with Crippen LogP contribution >= 0.6 is 39.7 Å². The summed E-state index contributed by atoms with van der Waals surface area (Å²) in [5.74, 6) is -0.561. The molecule has 220 valence electrons. The van der Waals surface area contributed by atoms with Gasteiger partial charge in [0.15, 0.2) is 0 Å². The van der Waals surface area contributed by atoms with E-state index in [9.17, 15) is 9.90 Å². The number of thiophene rings is 2. The normalized spacial score (nSPS) is 24.9. The summed E-state index contributed by atoms with van der Waals surface area (Å²) in [5, 5.41) is 17.5. The van der Waals surface area contributed by atoms with Crippen LogP contribution in [0.3, 0.4) is 0 Å². The number of para-hydroxylation sites is 2. The Kier molecular flexibility index (Phi) is 8.98. The fourth-order valence-corrected chi connectivity index (χ4v) is 8.26. The maximum Gasteiger partial charge on any atom is 0.349 e. The van der Waals surface area contributed by atoms with E-state index >= 15 is 0 Å². The van der Waals surface area contributed by atoms with E-state index < -0.39 is 11.6 Å². The highest BCUT2D eigenvalue weighted by atomic mass is 79.9. The quantitative estimate of drug-likeness (QED) is 0.133. The summed E-state index contributed by atoms with van der Waals surface area (Å²) in [6.07, 6.45) is 2.05. The first-order valence-corrected chi connectivity index (χ1v) is 15.4. The number of rotatable bonds is 4. The molecule has 8 rings (SSSR count). The zero-order valence-electron chi connectivity index (χ0n) is 23.1. The molecule has 0 spiro atoms. The number of halogens is 2. The summed E-state index contributed by atoms with van der Waals surface area (Å²) in [7, 11) is 4.49. The number of esters is 1. The van der Waals surface area contributed by atoms with E-state index in [0.29, 0.717) is 34.0 Å². The van der Waals surface area contributed by atoms with E-state index in [1.165, 1.54) is 33.4 Å². The Labute approximate surface area is 274 Å². The topological polar surface area (TPSA) is 72.0 Å².